The molecule has 14 heavy (non-hydrogen) atoms. The smallest absolute Gasteiger partial charge is 0.497 e. The molecule has 1 aromatic rings. The van der Waals surface area contributed by atoms with Gasteiger partial charge in [-0.25, -0.2) is 0 Å². The van der Waals surface area contributed by atoms with Gasteiger partial charge >= 0.3 is 6.98 Å². The Labute approximate surface area is 80.9 Å². The summed E-state index contributed by atoms with van der Waals surface area (Å²) >= 11 is 0. The van der Waals surface area contributed by atoms with E-state index in [2.05, 4.69) is 0 Å². The van der Waals surface area contributed by atoms with E-state index in [-0.39, 0.29) is 5.56 Å². The normalized spacial score (nSPS) is 11.5. The zero-order valence-corrected chi connectivity index (χ0v) is 8.06. The summed E-state index contributed by atoms with van der Waals surface area (Å²) in [4.78, 5) is 0. The van der Waals surface area contributed by atoms with Crippen LogP contribution >= 0.6 is 0 Å². The number of aryl methyl sites for hydroxylation is 1. The summed E-state index contributed by atoms with van der Waals surface area (Å²) in [7, 11) is 1.44. The van der Waals surface area contributed by atoms with Gasteiger partial charge in [0.15, 0.2) is 0 Å². The Morgan fingerprint density at radius 2 is 1.93 bits per heavy atom. The molecule has 0 saturated carbocycles. The fraction of sp³-hybridized carbons (Fsp3) is 0.333. The Bertz CT molecular complexity index is 322. The number of benzene rings is 1. The predicted molar refractivity (Wildman–Crippen MR) is 51.1 cm³/mol. The quantitative estimate of drug-likeness (QED) is 0.685. The lowest BCUT2D eigenvalue weighted by Gasteiger charge is -2.19. The van der Waals surface area contributed by atoms with Crippen LogP contribution in [0.15, 0.2) is 18.2 Å². The van der Waals surface area contributed by atoms with E-state index in [1.807, 2.05) is 0 Å². The summed E-state index contributed by atoms with van der Waals surface area (Å²) in [5.41, 5.74) is -0.231. The third-order valence-electron chi connectivity index (χ3n) is 2.08. The molecule has 0 unspecified atom stereocenters. The standard InChI is InChI=1S/C9H11BF3O/c1-3-7-6-8(14-2)4-5-9(7)10(11,12)13/h4-6H,3H2,1-2H3/q-1. The molecular weight excluding hydrogens is 192 g/mol. The van der Waals surface area contributed by atoms with E-state index >= 15 is 0 Å². The number of methoxy groups -OCH3 is 1. The highest BCUT2D eigenvalue weighted by Gasteiger charge is 2.27. The van der Waals surface area contributed by atoms with Crippen molar-refractivity contribution >= 4 is 12.4 Å². The number of hydrogen-bond acceptors (Lipinski definition) is 1. The average Bonchev–Trinajstić information content (AvgIpc) is 2.15. The first-order valence-electron chi connectivity index (χ1n) is 4.35. The summed E-state index contributed by atoms with van der Waals surface area (Å²) in [5, 5.41) is 0. The van der Waals surface area contributed by atoms with Crippen molar-refractivity contribution in [2.45, 2.75) is 13.3 Å². The molecular formula is C9H11BF3O-. The largest absolute Gasteiger partial charge is 0.509 e. The molecule has 0 aromatic heterocycles. The molecule has 0 atom stereocenters. The lowest BCUT2D eigenvalue weighted by Crippen LogP contribution is -2.36. The van der Waals surface area contributed by atoms with Gasteiger partial charge in [-0.05, 0) is 18.6 Å². The molecule has 0 aliphatic carbocycles. The van der Waals surface area contributed by atoms with Crippen LogP contribution in [-0.2, 0) is 6.42 Å². The van der Waals surface area contributed by atoms with Gasteiger partial charge in [0.25, 0.3) is 0 Å². The Hall–Kier alpha value is -1.13. The van der Waals surface area contributed by atoms with E-state index in [0.717, 1.165) is 6.07 Å². The third-order valence-corrected chi connectivity index (χ3v) is 2.08. The first kappa shape index (κ1) is 11.0. The van der Waals surface area contributed by atoms with Crippen LogP contribution in [-0.4, -0.2) is 14.1 Å². The number of rotatable bonds is 3. The SMILES string of the molecule is CCc1cc(OC)ccc1[B-](F)(F)F. The van der Waals surface area contributed by atoms with Gasteiger partial charge in [-0.15, -0.1) is 5.46 Å². The van der Waals surface area contributed by atoms with Gasteiger partial charge in [-0.1, -0.05) is 18.6 Å². The van der Waals surface area contributed by atoms with Gasteiger partial charge in [-0.3, -0.25) is 0 Å². The molecule has 5 heteroatoms. The molecule has 0 aliphatic heterocycles. The molecule has 0 spiro atoms. The molecule has 1 rings (SSSR count). The van der Waals surface area contributed by atoms with Crippen LogP contribution in [0.5, 0.6) is 5.75 Å². The highest BCUT2D eigenvalue weighted by molar-refractivity contribution is 6.74. The van der Waals surface area contributed by atoms with Crippen LogP contribution in [0.25, 0.3) is 0 Å². The van der Waals surface area contributed by atoms with Crippen LogP contribution < -0.4 is 10.2 Å². The van der Waals surface area contributed by atoms with Gasteiger partial charge in [0.2, 0.25) is 0 Å². The second-order valence-electron chi connectivity index (χ2n) is 2.99. The van der Waals surface area contributed by atoms with Crippen LogP contribution in [0.4, 0.5) is 12.9 Å². The van der Waals surface area contributed by atoms with E-state index in [1.165, 1.54) is 19.2 Å². The molecule has 0 amide bonds. The molecule has 1 aromatic carbocycles. The molecule has 0 heterocycles. The molecule has 0 bridgehead atoms. The zero-order valence-electron chi connectivity index (χ0n) is 8.06. The van der Waals surface area contributed by atoms with E-state index < -0.39 is 12.4 Å². The van der Waals surface area contributed by atoms with Crippen LogP contribution in [0.2, 0.25) is 0 Å². The van der Waals surface area contributed by atoms with Gasteiger partial charge in [0.05, 0.1) is 7.11 Å². The fourth-order valence-electron chi connectivity index (χ4n) is 1.33. The van der Waals surface area contributed by atoms with Crippen molar-refractivity contribution in [1.82, 2.24) is 0 Å². The van der Waals surface area contributed by atoms with Crippen LogP contribution in [0.3, 0.4) is 0 Å². The number of hydrogen-bond donors (Lipinski definition) is 0. The highest BCUT2D eigenvalue weighted by atomic mass is 19.4. The Kier molecular flexibility index (Phi) is 3.08. The Morgan fingerprint density at radius 3 is 2.36 bits per heavy atom. The second kappa shape index (κ2) is 3.94. The maximum atomic E-state index is 12.5. The maximum Gasteiger partial charge on any atom is 0.509 e. The molecule has 0 N–H and O–H groups in total. The summed E-state index contributed by atoms with van der Waals surface area (Å²) < 4.78 is 42.3. The summed E-state index contributed by atoms with van der Waals surface area (Å²) in [5.74, 6) is 0.464. The molecule has 0 aliphatic rings. The van der Waals surface area contributed by atoms with Gasteiger partial charge in [-0.2, -0.15) is 0 Å². The number of ether oxygens (including phenoxy) is 1. The highest BCUT2D eigenvalue weighted by Crippen LogP contribution is 2.17. The predicted octanol–water partition coefficient (Wildman–Crippen LogP) is 2.31. The second-order valence-corrected chi connectivity index (χ2v) is 2.99. The Balaban J connectivity index is 3.18. The topological polar surface area (TPSA) is 9.23 Å². The molecule has 78 valence electrons. The molecule has 1 nitrogen and oxygen atoms in total. The number of halogens is 3. The van der Waals surface area contributed by atoms with E-state index in [9.17, 15) is 12.9 Å². The van der Waals surface area contributed by atoms with E-state index in [1.54, 1.807) is 6.92 Å². The summed E-state index contributed by atoms with van der Waals surface area (Å²) in [6.45, 7) is -3.22. The third kappa shape index (κ3) is 2.22. The van der Waals surface area contributed by atoms with Crippen molar-refractivity contribution in [3.8, 4) is 5.75 Å². The van der Waals surface area contributed by atoms with Crippen molar-refractivity contribution in [3.05, 3.63) is 23.8 Å². The lowest BCUT2D eigenvalue weighted by molar-refractivity contribution is 0.414. The van der Waals surface area contributed by atoms with E-state index in [4.69, 9.17) is 4.74 Å². The van der Waals surface area contributed by atoms with Crippen molar-refractivity contribution in [2.24, 2.45) is 0 Å². The minimum atomic E-state index is -4.91. The van der Waals surface area contributed by atoms with E-state index in [0.29, 0.717) is 12.2 Å². The van der Waals surface area contributed by atoms with Crippen molar-refractivity contribution in [3.63, 3.8) is 0 Å². The Morgan fingerprint density at radius 1 is 1.29 bits per heavy atom. The first-order valence-corrected chi connectivity index (χ1v) is 4.35. The average molecular weight is 203 g/mol. The molecule has 0 saturated heterocycles. The van der Waals surface area contributed by atoms with Crippen molar-refractivity contribution in [2.75, 3.05) is 7.11 Å². The maximum absolute atomic E-state index is 12.5. The minimum Gasteiger partial charge on any atom is -0.497 e. The van der Waals surface area contributed by atoms with Crippen molar-refractivity contribution < 1.29 is 17.7 Å². The van der Waals surface area contributed by atoms with Gasteiger partial charge in [0, 0.05) is 0 Å². The van der Waals surface area contributed by atoms with Gasteiger partial charge in [0.1, 0.15) is 5.75 Å². The van der Waals surface area contributed by atoms with Crippen LogP contribution in [0, 0.1) is 0 Å². The lowest BCUT2D eigenvalue weighted by atomic mass is 9.76. The molecule has 0 radical (unpaired) electrons. The first-order chi connectivity index (χ1) is 6.49. The van der Waals surface area contributed by atoms with Gasteiger partial charge < -0.3 is 17.7 Å². The zero-order chi connectivity index (χ0) is 10.8. The van der Waals surface area contributed by atoms with Crippen LogP contribution in [0.1, 0.15) is 12.5 Å². The minimum absolute atomic E-state index is 0.289. The summed E-state index contributed by atoms with van der Waals surface area (Å²) in [6.07, 6.45) is 0.355. The monoisotopic (exact) mass is 203 g/mol. The fourth-order valence-corrected chi connectivity index (χ4v) is 1.33. The summed E-state index contributed by atoms with van der Waals surface area (Å²) in [6, 6.07) is 3.85. The molecule has 0 fully saturated rings. The van der Waals surface area contributed by atoms with Crippen molar-refractivity contribution in [1.29, 1.82) is 0 Å².